The van der Waals surface area contributed by atoms with E-state index in [9.17, 15) is 4.79 Å². The third-order valence-corrected chi connectivity index (χ3v) is 5.47. The smallest absolute Gasteiger partial charge is 0.228 e. The van der Waals surface area contributed by atoms with Gasteiger partial charge in [0, 0.05) is 37.6 Å². The van der Waals surface area contributed by atoms with Crippen molar-refractivity contribution in [1.82, 2.24) is 15.6 Å². The molecule has 3 heterocycles. The topological polar surface area (TPSA) is 66.0 Å². The molecule has 3 atom stereocenters. The maximum Gasteiger partial charge on any atom is 0.228 e. The van der Waals surface area contributed by atoms with Crippen LogP contribution in [0.2, 0.25) is 0 Å². The van der Waals surface area contributed by atoms with E-state index in [2.05, 4.69) is 40.9 Å². The second kappa shape index (κ2) is 8.00. The minimum atomic E-state index is -0.253. The standard InChI is InChI=1S/C20H30N4O/c1-15(2)8-9-20(13-16-6-7-18(20)24-16)19(25)23-12-4-11-22-17-5-3-10-21-14-17/h3,5,8,10,14,16,18,22,24H,4,6-7,9,11-13H2,1-2H3,(H,23,25)/t16-,18+,20+/m0/s1. The highest BCUT2D eigenvalue weighted by Crippen LogP contribution is 2.46. The van der Waals surface area contributed by atoms with Gasteiger partial charge in [-0.1, -0.05) is 11.6 Å². The molecule has 0 radical (unpaired) electrons. The van der Waals surface area contributed by atoms with E-state index in [0.717, 1.165) is 37.9 Å². The van der Waals surface area contributed by atoms with Gasteiger partial charge in [-0.15, -0.1) is 0 Å². The fourth-order valence-corrected chi connectivity index (χ4v) is 4.12. The van der Waals surface area contributed by atoms with Crippen LogP contribution in [0.5, 0.6) is 0 Å². The highest BCUT2D eigenvalue weighted by molar-refractivity contribution is 5.84. The second-order valence-electron chi connectivity index (χ2n) is 7.62. The molecule has 3 rings (SSSR count). The number of allylic oxidation sites excluding steroid dienone is 2. The number of fused-ring (bicyclic) bond motifs is 2. The molecule has 2 aliphatic rings. The molecule has 0 spiro atoms. The molecule has 25 heavy (non-hydrogen) atoms. The number of anilines is 1. The summed E-state index contributed by atoms with van der Waals surface area (Å²) in [6.07, 6.45) is 10.9. The Balaban J connectivity index is 1.49. The summed E-state index contributed by atoms with van der Waals surface area (Å²) in [5, 5.41) is 10.2. The fraction of sp³-hybridized carbons (Fsp3) is 0.600. The SMILES string of the molecule is CC(C)=CC[C@@]1(C(=O)NCCCNc2cccnc2)C[C@@H]2CC[C@H]1N2. The molecule has 2 bridgehead atoms. The summed E-state index contributed by atoms with van der Waals surface area (Å²) >= 11 is 0. The van der Waals surface area contributed by atoms with Crippen LogP contribution in [0.3, 0.4) is 0 Å². The lowest BCUT2D eigenvalue weighted by Gasteiger charge is -2.34. The Morgan fingerprint density at radius 2 is 2.28 bits per heavy atom. The Morgan fingerprint density at radius 3 is 2.92 bits per heavy atom. The lowest BCUT2D eigenvalue weighted by molar-refractivity contribution is -0.132. The number of hydrogen-bond acceptors (Lipinski definition) is 4. The zero-order valence-corrected chi connectivity index (χ0v) is 15.3. The van der Waals surface area contributed by atoms with Crippen LogP contribution in [0, 0.1) is 5.41 Å². The van der Waals surface area contributed by atoms with Crippen LogP contribution in [0.4, 0.5) is 5.69 Å². The molecule has 1 aromatic heterocycles. The van der Waals surface area contributed by atoms with Gasteiger partial charge in [0.1, 0.15) is 0 Å². The fourth-order valence-electron chi connectivity index (χ4n) is 4.12. The van der Waals surface area contributed by atoms with Crippen molar-refractivity contribution in [3.63, 3.8) is 0 Å². The summed E-state index contributed by atoms with van der Waals surface area (Å²) in [4.78, 5) is 17.1. The van der Waals surface area contributed by atoms with Crippen molar-refractivity contribution in [2.24, 2.45) is 5.41 Å². The number of carbonyl (C=O) groups excluding carboxylic acids is 1. The first-order chi connectivity index (χ1) is 12.1. The average Bonchev–Trinajstić information content (AvgIpc) is 3.22. The van der Waals surface area contributed by atoms with Crippen LogP contribution in [0.15, 0.2) is 36.2 Å². The lowest BCUT2D eigenvalue weighted by atomic mass is 9.70. The average molecular weight is 342 g/mol. The Morgan fingerprint density at radius 1 is 1.40 bits per heavy atom. The molecule has 2 fully saturated rings. The summed E-state index contributed by atoms with van der Waals surface area (Å²) in [7, 11) is 0. The monoisotopic (exact) mass is 342 g/mol. The predicted molar refractivity (Wildman–Crippen MR) is 101 cm³/mol. The van der Waals surface area contributed by atoms with E-state index < -0.39 is 0 Å². The molecule has 5 heteroatoms. The summed E-state index contributed by atoms with van der Waals surface area (Å²) in [6, 6.07) is 4.77. The molecule has 1 amide bonds. The largest absolute Gasteiger partial charge is 0.384 e. The summed E-state index contributed by atoms with van der Waals surface area (Å²) in [5.41, 5.74) is 2.05. The molecule has 136 valence electrons. The summed E-state index contributed by atoms with van der Waals surface area (Å²) in [6.45, 7) is 5.75. The third kappa shape index (κ3) is 4.21. The molecular weight excluding hydrogens is 312 g/mol. The number of aromatic nitrogens is 1. The molecule has 2 aliphatic heterocycles. The number of nitrogens with zero attached hydrogens (tertiary/aromatic N) is 1. The number of rotatable bonds is 8. The number of carbonyl (C=O) groups is 1. The molecule has 3 N–H and O–H groups in total. The van der Waals surface area contributed by atoms with Gasteiger partial charge in [0.05, 0.1) is 11.1 Å². The number of hydrogen-bond donors (Lipinski definition) is 3. The maximum atomic E-state index is 13.0. The minimum Gasteiger partial charge on any atom is -0.384 e. The summed E-state index contributed by atoms with van der Waals surface area (Å²) < 4.78 is 0. The first kappa shape index (κ1) is 17.9. The number of amides is 1. The Kier molecular flexibility index (Phi) is 5.74. The molecule has 0 saturated carbocycles. The quantitative estimate of drug-likeness (QED) is 0.502. The minimum absolute atomic E-state index is 0.228. The van der Waals surface area contributed by atoms with E-state index in [1.807, 2.05) is 18.3 Å². The van der Waals surface area contributed by atoms with Crippen LogP contribution in [0.25, 0.3) is 0 Å². The van der Waals surface area contributed by atoms with Crippen molar-refractivity contribution >= 4 is 11.6 Å². The van der Waals surface area contributed by atoms with Gasteiger partial charge in [0.25, 0.3) is 0 Å². The van der Waals surface area contributed by atoms with Gasteiger partial charge < -0.3 is 16.0 Å². The third-order valence-electron chi connectivity index (χ3n) is 5.47. The molecule has 2 saturated heterocycles. The van der Waals surface area contributed by atoms with Crippen LogP contribution in [-0.2, 0) is 4.79 Å². The van der Waals surface area contributed by atoms with Gasteiger partial charge in [-0.25, -0.2) is 0 Å². The maximum absolute atomic E-state index is 13.0. The van der Waals surface area contributed by atoms with Crippen molar-refractivity contribution in [3.05, 3.63) is 36.2 Å². The van der Waals surface area contributed by atoms with Crippen LogP contribution < -0.4 is 16.0 Å². The van der Waals surface area contributed by atoms with Gasteiger partial charge in [-0.3, -0.25) is 9.78 Å². The van der Waals surface area contributed by atoms with Crippen molar-refractivity contribution in [2.75, 3.05) is 18.4 Å². The normalized spacial score (nSPS) is 27.1. The lowest BCUT2D eigenvalue weighted by Crippen LogP contribution is -2.48. The zero-order valence-electron chi connectivity index (χ0n) is 15.3. The van der Waals surface area contributed by atoms with Gasteiger partial charge in [0.2, 0.25) is 5.91 Å². The van der Waals surface area contributed by atoms with E-state index in [1.54, 1.807) is 6.20 Å². The first-order valence-corrected chi connectivity index (χ1v) is 9.42. The van der Waals surface area contributed by atoms with Crippen molar-refractivity contribution in [2.45, 2.75) is 58.0 Å². The van der Waals surface area contributed by atoms with E-state index in [1.165, 1.54) is 12.0 Å². The van der Waals surface area contributed by atoms with Crippen molar-refractivity contribution < 1.29 is 4.79 Å². The number of pyridine rings is 1. The highest BCUT2D eigenvalue weighted by Gasteiger charge is 2.54. The molecular formula is C20H30N4O. The van der Waals surface area contributed by atoms with Crippen molar-refractivity contribution in [3.8, 4) is 0 Å². The van der Waals surface area contributed by atoms with E-state index in [0.29, 0.717) is 18.6 Å². The van der Waals surface area contributed by atoms with E-state index in [4.69, 9.17) is 0 Å². The van der Waals surface area contributed by atoms with Crippen LogP contribution in [0.1, 0.15) is 46.0 Å². The molecule has 0 aromatic carbocycles. The van der Waals surface area contributed by atoms with Gasteiger partial charge in [-0.2, -0.15) is 0 Å². The van der Waals surface area contributed by atoms with Crippen molar-refractivity contribution in [1.29, 1.82) is 0 Å². The molecule has 0 unspecified atom stereocenters. The Labute approximate surface area is 150 Å². The molecule has 0 aliphatic carbocycles. The second-order valence-corrected chi connectivity index (χ2v) is 7.62. The van der Waals surface area contributed by atoms with Gasteiger partial charge in [0.15, 0.2) is 0 Å². The van der Waals surface area contributed by atoms with Gasteiger partial charge >= 0.3 is 0 Å². The Hall–Kier alpha value is -1.88. The number of nitrogens with one attached hydrogen (secondary N) is 3. The first-order valence-electron chi connectivity index (χ1n) is 9.42. The van der Waals surface area contributed by atoms with Crippen LogP contribution in [-0.4, -0.2) is 36.1 Å². The Bertz CT molecular complexity index is 611. The van der Waals surface area contributed by atoms with Crippen LogP contribution >= 0.6 is 0 Å². The predicted octanol–water partition coefficient (Wildman–Crippen LogP) is 2.87. The van der Waals surface area contributed by atoms with E-state index >= 15 is 0 Å². The van der Waals surface area contributed by atoms with Gasteiger partial charge in [-0.05, 0) is 58.1 Å². The zero-order chi connectivity index (χ0) is 17.7. The molecule has 5 nitrogen and oxygen atoms in total. The van der Waals surface area contributed by atoms with E-state index in [-0.39, 0.29) is 11.3 Å². The highest BCUT2D eigenvalue weighted by atomic mass is 16.2. The molecule has 1 aromatic rings. The summed E-state index contributed by atoms with van der Waals surface area (Å²) in [5.74, 6) is 0.228.